The molecule has 1 aliphatic heterocycles. The van der Waals surface area contributed by atoms with Gasteiger partial charge in [-0.3, -0.25) is 14.5 Å². The molecule has 0 spiro atoms. The molecule has 0 unspecified atom stereocenters. The Kier molecular flexibility index (Phi) is 6.31. The number of rotatable bonds is 5. The zero-order chi connectivity index (χ0) is 20.3. The highest BCUT2D eigenvalue weighted by Crippen LogP contribution is 2.19. The summed E-state index contributed by atoms with van der Waals surface area (Å²) in [6.07, 6.45) is 1.55. The number of nitrogens with zero attached hydrogens (tertiary/aromatic N) is 4. The zero-order valence-electron chi connectivity index (χ0n) is 16.3. The molecule has 0 bridgehead atoms. The first kappa shape index (κ1) is 20.3. The molecule has 2 N–H and O–H groups in total. The summed E-state index contributed by atoms with van der Waals surface area (Å²) in [5.74, 6) is 0.262. The third-order valence-corrected chi connectivity index (χ3v) is 5.15. The van der Waals surface area contributed by atoms with E-state index in [4.69, 9.17) is 11.6 Å². The summed E-state index contributed by atoms with van der Waals surface area (Å²) < 4.78 is 1.69. The van der Waals surface area contributed by atoms with E-state index in [1.54, 1.807) is 23.9 Å². The van der Waals surface area contributed by atoms with Crippen molar-refractivity contribution in [2.45, 2.75) is 32.7 Å². The number of amides is 2. The van der Waals surface area contributed by atoms with E-state index in [1.165, 1.54) is 0 Å². The summed E-state index contributed by atoms with van der Waals surface area (Å²) in [4.78, 5) is 30.8. The summed E-state index contributed by atoms with van der Waals surface area (Å²) in [7, 11) is 1.63. The monoisotopic (exact) mass is 404 g/mol. The first-order chi connectivity index (χ1) is 13.4. The van der Waals surface area contributed by atoms with Crippen LogP contribution < -0.4 is 10.6 Å². The number of likely N-dealkylation sites (N-methyl/N-ethyl adjacent to an activating group) is 1. The fourth-order valence-corrected chi connectivity index (χ4v) is 3.53. The van der Waals surface area contributed by atoms with E-state index < -0.39 is 0 Å². The van der Waals surface area contributed by atoms with Crippen molar-refractivity contribution >= 4 is 23.4 Å². The molecule has 0 aliphatic carbocycles. The average molecular weight is 405 g/mol. The third-order valence-electron chi connectivity index (χ3n) is 4.84. The molecule has 1 saturated heterocycles. The summed E-state index contributed by atoms with van der Waals surface area (Å²) in [6.45, 7) is 5.73. The Labute approximate surface area is 169 Å². The molecule has 0 radical (unpaired) electrons. The SMILES string of the molecule is CNC(=O)CN1CCC(NC(=O)c2nc(-n3nc(C)cc3C)ccc2Cl)CC1. The second-order valence-electron chi connectivity index (χ2n) is 7.04. The fourth-order valence-electron chi connectivity index (χ4n) is 3.34. The summed E-state index contributed by atoms with van der Waals surface area (Å²) in [5.41, 5.74) is 2.01. The van der Waals surface area contributed by atoms with Gasteiger partial charge in [0.05, 0.1) is 17.3 Å². The highest BCUT2D eigenvalue weighted by Gasteiger charge is 2.24. The van der Waals surface area contributed by atoms with E-state index in [2.05, 4.69) is 25.6 Å². The Morgan fingerprint density at radius 3 is 2.57 bits per heavy atom. The van der Waals surface area contributed by atoms with Crippen LogP contribution in [-0.2, 0) is 4.79 Å². The van der Waals surface area contributed by atoms with Crippen LogP contribution in [-0.4, -0.2) is 64.2 Å². The van der Waals surface area contributed by atoms with Crippen LogP contribution in [0, 0.1) is 13.8 Å². The van der Waals surface area contributed by atoms with Gasteiger partial charge in [0.1, 0.15) is 5.69 Å². The first-order valence-corrected chi connectivity index (χ1v) is 9.69. The maximum absolute atomic E-state index is 12.7. The standard InChI is InChI=1S/C19H25ClN6O2/c1-12-10-13(2)26(24-12)16-5-4-15(20)18(23-16)19(28)22-14-6-8-25(9-7-14)11-17(27)21-3/h4-5,10,14H,6-9,11H2,1-3H3,(H,21,27)(H,22,28). The molecule has 2 aromatic rings. The van der Waals surface area contributed by atoms with Gasteiger partial charge < -0.3 is 10.6 Å². The Hall–Kier alpha value is -2.45. The lowest BCUT2D eigenvalue weighted by atomic mass is 10.0. The van der Waals surface area contributed by atoms with Crippen LogP contribution in [0.5, 0.6) is 0 Å². The molecule has 1 aliphatic rings. The Balaban J connectivity index is 1.66. The van der Waals surface area contributed by atoms with Crippen molar-refractivity contribution in [3.63, 3.8) is 0 Å². The number of pyridine rings is 1. The normalized spacial score (nSPS) is 15.4. The van der Waals surface area contributed by atoms with Gasteiger partial charge in [-0.2, -0.15) is 5.10 Å². The number of hydrogen-bond acceptors (Lipinski definition) is 5. The molecule has 2 amide bonds. The molecule has 1 fully saturated rings. The number of carbonyl (C=O) groups is 2. The van der Waals surface area contributed by atoms with Gasteiger partial charge in [0.25, 0.3) is 5.91 Å². The predicted octanol–water partition coefficient (Wildman–Crippen LogP) is 1.48. The number of halogens is 1. The summed E-state index contributed by atoms with van der Waals surface area (Å²) in [6, 6.07) is 5.39. The highest BCUT2D eigenvalue weighted by atomic mass is 35.5. The van der Waals surface area contributed by atoms with E-state index in [9.17, 15) is 9.59 Å². The van der Waals surface area contributed by atoms with Gasteiger partial charge in [-0.1, -0.05) is 11.6 Å². The molecule has 150 valence electrons. The van der Waals surface area contributed by atoms with E-state index in [0.29, 0.717) is 17.4 Å². The Bertz CT molecular complexity index is 873. The van der Waals surface area contributed by atoms with Gasteiger partial charge >= 0.3 is 0 Å². The van der Waals surface area contributed by atoms with Crippen molar-refractivity contribution < 1.29 is 9.59 Å². The molecule has 8 nitrogen and oxygen atoms in total. The minimum absolute atomic E-state index is 0.000524. The Morgan fingerprint density at radius 1 is 1.25 bits per heavy atom. The molecule has 3 rings (SSSR count). The molecule has 3 heterocycles. The van der Waals surface area contributed by atoms with Crippen molar-refractivity contribution in [3.8, 4) is 5.82 Å². The number of likely N-dealkylation sites (tertiary alicyclic amines) is 1. The van der Waals surface area contributed by atoms with Crippen molar-refractivity contribution in [2.24, 2.45) is 0 Å². The number of nitrogens with one attached hydrogen (secondary N) is 2. The molecular weight excluding hydrogens is 380 g/mol. The lowest BCUT2D eigenvalue weighted by Crippen LogP contribution is -2.47. The van der Waals surface area contributed by atoms with Crippen LogP contribution in [0.15, 0.2) is 18.2 Å². The van der Waals surface area contributed by atoms with Crippen molar-refractivity contribution in [2.75, 3.05) is 26.7 Å². The quantitative estimate of drug-likeness (QED) is 0.787. The second kappa shape index (κ2) is 8.70. The lowest BCUT2D eigenvalue weighted by molar-refractivity contribution is -0.122. The van der Waals surface area contributed by atoms with Gasteiger partial charge in [-0.25, -0.2) is 9.67 Å². The number of aryl methyl sites for hydroxylation is 2. The van der Waals surface area contributed by atoms with Gasteiger partial charge in [-0.05, 0) is 44.9 Å². The topological polar surface area (TPSA) is 92.2 Å². The molecule has 9 heteroatoms. The number of piperidine rings is 1. The van der Waals surface area contributed by atoms with Gasteiger partial charge in [0.15, 0.2) is 5.82 Å². The minimum Gasteiger partial charge on any atom is -0.358 e. The van der Waals surface area contributed by atoms with Crippen molar-refractivity contribution in [1.82, 2.24) is 30.3 Å². The zero-order valence-corrected chi connectivity index (χ0v) is 17.1. The summed E-state index contributed by atoms with van der Waals surface area (Å²) in [5, 5.41) is 10.4. The van der Waals surface area contributed by atoms with Gasteiger partial charge in [0, 0.05) is 31.9 Å². The van der Waals surface area contributed by atoms with Crippen LogP contribution in [0.25, 0.3) is 5.82 Å². The predicted molar refractivity (Wildman–Crippen MR) is 107 cm³/mol. The molecule has 2 aromatic heterocycles. The van der Waals surface area contributed by atoms with E-state index >= 15 is 0 Å². The van der Waals surface area contributed by atoms with Crippen molar-refractivity contribution in [1.29, 1.82) is 0 Å². The summed E-state index contributed by atoms with van der Waals surface area (Å²) >= 11 is 6.23. The average Bonchev–Trinajstić information content (AvgIpc) is 3.01. The lowest BCUT2D eigenvalue weighted by Gasteiger charge is -2.31. The van der Waals surface area contributed by atoms with E-state index in [1.807, 2.05) is 19.9 Å². The number of hydrogen-bond donors (Lipinski definition) is 2. The molecule has 0 atom stereocenters. The minimum atomic E-state index is -0.293. The van der Waals surface area contributed by atoms with Gasteiger partial charge in [0.2, 0.25) is 5.91 Å². The van der Waals surface area contributed by atoms with Gasteiger partial charge in [-0.15, -0.1) is 0 Å². The fraction of sp³-hybridized carbons (Fsp3) is 0.474. The molecule has 0 saturated carbocycles. The highest BCUT2D eigenvalue weighted by molar-refractivity contribution is 6.33. The first-order valence-electron chi connectivity index (χ1n) is 9.31. The Morgan fingerprint density at radius 2 is 1.96 bits per heavy atom. The second-order valence-corrected chi connectivity index (χ2v) is 7.44. The van der Waals surface area contributed by atoms with Crippen LogP contribution in [0.2, 0.25) is 5.02 Å². The van der Waals surface area contributed by atoms with E-state index in [-0.39, 0.29) is 23.6 Å². The van der Waals surface area contributed by atoms with Crippen LogP contribution in [0.4, 0.5) is 0 Å². The van der Waals surface area contributed by atoms with Crippen LogP contribution in [0.1, 0.15) is 34.7 Å². The smallest absolute Gasteiger partial charge is 0.271 e. The maximum Gasteiger partial charge on any atom is 0.271 e. The molecule has 0 aromatic carbocycles. The van der Waals surface area contributed by atoms with Crippen molar-refractivity contribution in [3.05, 3.63) is 40.3 Å². The number of carbonyl (C=O) groups excluding carboxylic acids is 2. The maximum atomic E-state index is 12.7. The largest absolute Gasteiger partial charge is 0.358 e. The van der Waals surface area contributed by atoms with Crippen LogP contribution >= 0.6 is 11.6 Å². The molecule has 28 heavy (non-hydrogen) atoms. The third kappa shape index (κ3) is 4.69. The van der Waals surface area contributed by atoms with E-state index in [0.717, 1.165) is 37.3 Å². The molecular formula is C19H25ClN6O2. The van der Waals surface area contributed by atoms with Crippen LogP contribution in [0.3, 0.4) is 0 Å². The number of aromatic nitrogens is 3.